The summed E-state index contributed by atoms with van der Waals surface area (Å²) in [6, 6.07) is 6.75. The molecule has 1 aromatic carbocycles. The molecule has 0 saturated carbocycles. The highest BCUT2D eigenvalue weighted by Gasteiger charge is 2.06. The van der Waals surface area contributed by atoms with Crippen LogP contribution in [0.4, 0.5) is 5.69 Å². The normalized spacial score (nSPS) is 13.2. The first-order valence-corrected chi connectivity index (χ1v) is 5.74. The molecular formula is C13H19N3O. The SMILES string of the molecule is CC[C@@H](C)/C(C)=N\NC(=O)c1ccc(N)cc1. The zero-order chi connectivity index (χ0) is 12.8. The van der Waals surface area contributed by atoms with Gasteiger partial charge in [0.15, 0.2) is 0 Å². The molecule has 92 valence electrons. The molecule has 0 saturated heterocycles. The lowest BCUT2D eigenvalue weighted by atomic mass is 10.1. The zero-order valence-corrected chi connectivity index (χ0v) is 10.5. The Balaban J connectivity index is 2.64. The number of hydrogen-bond acceptors (Lipinski definition) is 3. The molecule has 4 nitrogen and oxygen atoms in total. The summed E-state index contributed by atoms with van der Waals surface area (Å²) >= 11 is 0. The minimum atomic E-state index is -0.215. The third-order valence-electron chi connectivity index (χ3n) is 2.83. The van der Waals surface area contributed by atoms with E-state index in [-0.39, 0.29) is 5.91 Å². The van der Waals surface area contributed by atoms with E-state index in [1.807, 2.05) is 6.92 Å². The predicted octanol–water partition coefficient (Wildman–Crippen LogP) is 2.42. The number of carbonyl (C=O) groups excluding carboxylic acids is 1. The predicted molar refractivity (Wildman–Crippen MR) is 70.9 cm³/mol. The topological polar surface area (TPSA) is 67.5 Å². The van der Waals surface area contributed by atoms with Crippen molar-refractivity contribution in [2.75, 3.05) is 5.73 Å². The van der Waals surface area contributed by atoms with Gasteiger partial charge < -0.3 is 5.73 Å². The van der Waals surface area contributed by atoms with E-state index in [2.05, 4.69) is 24.4 Å². The van der Waals surface area contributed by atoms with Gasteiger partial charge in [0.2, 0.25) is 0 Å². The number of nitrogens with zero attached hydrogens (tertiary/aromatic N) is 1. The molecule has 3 N–H and O–H groups in total. The lowest BCUT2D eigenvalue weighted by Gasteiger charge is -2.08. The Kier molecular flexibility index (Phi) is 4.69. The lowest BCUT2D eigenvalue weighted by Crippen LogP contribution is -2.20. The van der Waals surface area contributed by atoms with Crippen LogP contribution in [-0.2, 0) is 0 Å². The van der Waals surface area contributed by atoms with Crippen molar-refractivity contribution in [3.63, 3.8) is 0 Å². The summed E-state index contributed by atoms with van der Waals surface area (Å²) in [4.78, 5) is 11.7. The van der Waals surface area contributed by atoms with Gasteiger partial charge in [-0.25, -0.2) is 5.43 Å². The molecule has 0 radical (unpaired) electrons. The van der Waals surface area contributed by atoms with Gasteiger partial charge in [0.05, 0.1) is 0 Å². The standard InChI is InChI=1S/C13H19N3O/c1-4-9(2)10(3)15-16-13(17)11-5-7-12(14)8-6-11/h5-9H,4,14H2,1-3H3,(H,16,17)/b15-10-/t9-/m1/s1. The molecule has 0 unspecified atom stereocenters. The largest absolute Gasteiger partial charge is 0.399 e. The highest BCUT2D eigenvalue weighted by Crippen LogP contribution is 2.06. The van der Waals surface area contributed by atoms with E-state index in [1.54, 1.807) is 24.3 Å². The van der Waals surface area contributed by atoms with Gasteiger partial charge in [0.25, 0.3) is 5.91 Å². The summed E-state index contributed by atoms with van der Waals surface area (Å²) in [6.07, 6.45) is 1.01. The minimum absolute atomic E-state index is 0.215. The fourth-order valence-electron chi connectivity index (χ4n) is 1.24. The molecule has 0 heterocycles. The van der Waals surface area contributed by atoms with Crippen LogP contribution in [0.3, 0.4) is 0 Å². The van der Waals surface area contributed by atoms with Gasteiger partial charge in [-0.2, -0.15) is 5.10 Å². The maximum Gasteiger partial charge on any atom is 0.271 e. The van der Waals surface area contributed by atoms with Crippen molar-refractivity contribution in [2.24, 2.45) is 11.0 Å². The van der Waals surface area contributed by atoms with Gasteiger partial charge in [0, 0.05) is 17.0 Å². The number of nitrogens with two attached hydrogens (primary N) is 1. The molecule has 0 spiro atoms. The van der Waals surface area contributed by atoms with Crippen molar-refractivity contribution in [1.82, 2.24) is 5.43 Å². The molecule has 0 aromatic heterocycles. The highest BCUT2D eigenvalue weighted by atomic mass is 16.2. The highest BCUT2D eigenvalue weighted by molar-refractivity contribution is 5.95. The first-order valence-electron chi connectivity index (χ1n) is 5.74. The van der Waals surface area contributed by atoms with Crippen LogP contribution in [0.2, 0.25) is 0 Å². The third kappa shape index (κ3) is 3.90. The number of carbonyl (C=O) groups is 1. The molecule has 0 fully saturated rings. The third-order valence-corrected chi connectivity index (χ3v) is 2.83. The van der Waals surface area contributed by atoms with E-state index in [9.17, 15) is 4.79 Å². The Morgan fingerprint density at radius 2 is 2.00 bits per heavy atom. The first-order chi connectivity index (χ1) is 8.04. The first kappa shape index (κ1) is 13.2. The van der Waals surface area contributed by atoms with Gasteiger partial charge in [-0.15, -0.1) is 0 Å². The van der Waals surface area contributed by atoms with E-state index in [0.717, 1.165) is 12.1 Å². The van der Waals surface area contributed by atoms with E-state index in [4.69, 9.17) is 5.73 Å². The average molecular weight is 233 g/mol. The molecule has 0 aliphatic carbocycles. The van der Waals surface area contributed by atoms with Crippen molar-refractivity contribution >= 4 is 17.3 Å². The number of benzene rings is 1. The van der Waals surface area contributed by atoms with E-state index >= 15 is 0 Å². The average Bonchev–Trinajstić information content (AvgIpc) is 2.35. The summed E-state index contributed by atoms with van der Waals surface area (Å²) in [5.41, 5.74) is 10.2. The van der Waals surface area contributed by atoms with Crippen LogP contribution in [0.5, 0.6) is 0 Å². The van der Waals surface area contributed by atoms with Crippen molar-refractivity contribution in [1.29, 1.82) is 0 Å². The summed E-state index contributed by atoms with van der Waals surface area (Å²) in [7, 11) is 0. The maximum absolute atomic E-state index is 11.7. The second kappa shape index (κ2) is 6.03. The fourth-order valence-corrected chi connectivity index (χ4v) is 1.24. The van der Waals surface area contributed by atoms with Crippen molar-refractivity contribution in [2.45, 2.75) is 27.2 Å². The lowest BCUT2D eigenvalue weighted by molar-refractivity contribution is 0.0954. The van der Waals surface area contributed by atoms with Crippen LogP contribution in [0.15, 0.2) is 29.4 Å². The number of nitrogens with one attached hydrogen (secondary N) is 1. The van der Waals surface area contributed by atoms with Crippen LogP contribution in [0, 0.1) is 5.92 Å². The number of rotatable bonds is 4. The molecule has 17 heavy (non-hydrogen) atoms. The van der Waals surface area contributed by atoms with Gasteiger partial charge in [-0.05, 0) is 43.5 Å². The van der Waals surface area contributed by atoms with E-state index < -0.39 is 0 Å². The summed E-state index contributed by atoms with van der Waals surface area (Å²) < 4.78 is 0. The summed E-state index contributed by atoms with van der Waals surface area (Å²) in [5, 5.41) is 4.08. The molecular weight excluding hydrogens is 214 g/mol. The molecule has 1 atom stereocenters. The van der Waals surface area contributed by atoms with Crippen LogP contribution in [-0.4, -0.2) is 11.6 Å². The van der Waals surface area contributed by atoms with Gasteiger partial charge in [-0.3, -0.25) is 4.79 Å². The number of anilines is 1. The van der Waals surface area contributed by atoms with Crippen molar-refractivity contribution in [3.8, 4) is 0 Å². The molecule has 0 aliphatic rings. The number of nitrogen functional groups attached to an aromatic ring is 1. The monoisotopic (exact) mass is 233 g/mol. The Bertz CT molecular complexity index is 409. The smallest absolute Gasteiger partial charge is 0.271 e. The van der Waals surface area contributed by atoms with Crippen LogP contribution >= 0.6 is 0 Å². The van der Waals surface area contributed by atoms with Crippen LogP contribution < -0.4 is 11.2 Å². The summed E-state index contributed by atoms with van der Waals surface area (Å²) in [5.74, 6) is 0.161. The fraction of sp³-hybridized carbons (Fsp3) is 0.385. The maximum atomic E-state index is 11.7. The van der Waals surface area contributed by atoms with E-state index in [1.165, 1.54) is 0 Å². The van der Waals surface area contributed by atoms with Crippen molar-refractivity contribution < 1.29 is 4.79 Å². The molecule has 4 heteroatoms. The van der Waals surface area contributed by atoms with Crippen molar-refractivity contribution in [3.05, 3.63) is 29.8 Å². The second-order valence-electron chi connectivity index (χ2n) is 4.13. The Hall–Kier alpha value is -1.84. The Morgan fingerprint density at radius 3 is 2.53 bits per heavy atom. The molecule has 1 aromatic rings. The van der Waals surface area contributed by atoms with Gasteiger partial charge >= 0.3 is 0 Å². The number of amides is 1. The van der Waals surface area contributed by atoms with Crippen LogP contribution in [0.1, 0.15) is 37.6 Å². The zero-order valence-electron chi connectivity index (χ0n) is 10.5. The minimum Gasteiger partial charge on any atom is -0.399 e. The van der Waals surface area contributed by atoms with E-state index in [0.29, 0.717) is 17.2 Å². The molecule has 0 bridgehead atoms. The quantitative estimate of drug-likeness (QED) is 0.476. The molecule has 1 rings (SSSR count). The Labute approximate surface area is 102 Å². The van der Waals surface area contributed by atoms with Gasteiger partial charge in [-0.1, -0.05) is 13.8 Å². The molecule has 1 amide bonds. The second-order valence-corrected chi connectivity index (χ2v) is 4.13. The Morgan fingerprint density at radius 1 is 1.41 bits per heavy atom. The summed E-state index contributed by atoms with van der Waals surface area (Å²) in [6.45, 7) is 6.08. The van der Waals surface area contributed by atoms with Crippen LogP contribution in [0.25, 0.3) is 0 Å². The number of hydrogen-bond donors (Lipinski definition) is 2. The number of hydrazone groups is 1. The molecule has 0 aliphatic heterocycles. The van der Waals surface area contributed by atoms with Gasteiger partial charge in [0.1, 0.15) is 0 Å².